The minimum absolute atomic E-state index is 0.263. The Hall–Kier alpha value is -1.13. The highest BCUT2D eigenvalue weighted by Gasteiger charge is 2.24. The van der Waals surface area contributed by atoms with E-state index in [-0.39, 0.29) is 6.61 Å². The molecule has 1 fully saturated rings. The molecular weight excluding hydrogens is 228 g/mol. The molecule has 0 aliphatic carbocycles. The van der Waals surface area contributed by atoms with Gasteiger partial charge >= 0.3 is 0 Å². The number of aromatic nitrogens is 1. The van der Waals surface area contributed by atoms with Crippen LogP contribution in [0.15, 0.2) is 18.3 Å². The molecule has 0 radical (unpaired) electrons. The lowest BCUT2D eigenvalue weighted by Gasteiger charge is -2.25. The van der Waals surface area contributed by atoms with Crippen molar-refractivity contribution in [1.29, 1.82) is 0 Å². The third-order valence-corrected chi connectivity index (χ3v) is 3.62. The van der Waals surface area contributed by atoms with Gasteiger partial charge in [0, 0.05) is 25.4 Å². The van der Waals surface area contributed by atoms with E-state index in [1.807, 2.05) is 12.1 Å². The second-order valence-electron chi connectivity index (χ2n) is 4.98. The Labute approximate surface area is 108 Å². The van der Waals surface area contributed by atoms with E-state index < -0.39 is 6.10 Å². The van der Waals surface area contributed by atoms with E-state index in [4.69, 9.17) is 5.11 Å². The van der Waals surface area contributed by atoms with Gasteiger partial charge in [0.1, 0.15) is 5.82 Å². The van der Waals surface area contributed by atoms with Gasteiger partial charge in [-0.3, -0.25) is 0 Å². The molecule has 0 spiro atoms. The van der Waals surface area contributed by atoms with Crippen LogP contribution in [0.3, 0.4) is 0 Å². The first kappa shape index (κ1) is 13.3. The van der Waals surface area contributed by atoms with Crippen LogP contribution in [0, 0.1) is 0 Å². The van der Waals surface area contributed by atoms with Crippen LogP contribution in [0.1, 0.15) is 44.3 Å². The van der Waals surface area contributed by atoms with Gasteiger partial charge in [0.05, 0.1) is 6.10 Å². The fourth-order valence-electron chi connectivity index (χ4n) is 2.58. The summed E-state index contributed by atoms with van der Waals surface area (Å²) in [6.45, 7) is 3.05. The molecule has 100 valence electrons. The van der Waals surface area contributed by atoms with Gasteiger partial charge in [-0.15, -0.1) is 0 Å². The van der Waals surface area contributed by atoms with Crippen molar-refractivity contribution in [2.75, 3.05) is 18.1 Å². The average Bonchev–Trinajstić information content (AvgIpc) is 2.84. The van der Waals surface area contributed by atoms with Gasteiger partial charge in [0.2, 0.25) is 0 Å². The summed E-state index contributed by atoms with van der Waals surface area (Å²) in [5.74, 6) is 0.986. The molecule has 2 N–H and O–H groups in total. The molecule has 1 aliphatic rings. The molecule has 0 amide bonds. The highest BCUT2D eigenvalue weighted by molar-refractivity contribution is 5.42. The predicted octanol–water partition coefficient (Wildman–Crippen LogP) is 1.88. The lowest BCUT2D eigenvalue weighted by atomic mass is 10.1. The number of nitrogens with zero attached hydrogens (tertiary/aromatic N) is 2. The summed E-state index contributed by atoms with van der Waals surface area (Å²) in [6, 6.07) is 4.43. The summed E-state index contributed by atoms with van der Waals surface area (Å²) in [5.41, 5.74) is 0.852. The molecular formula is C14H22N2O2. The lowest BCUT2D eigenvalue weighted by Crippen LogP contribution is -2.30. The Kier molecular flexibility index (Phi) is 4.55. The first-order chi connectivity index (χ1) is 8.72. The molecule has 1 aliphatic heterocycles. The van der Waals surface area contributed by atoms with Gasteiger partial charge in [-0.2, -0.15) is 0 Å². The van der Waals surface area contributed by atoms with Crippen molar-refractivity contribution >= 4 is 5.82 Å². The van der Waals surface area contributed by atoms with Crippen LogP contribution in [-0.4, -0.2) is 34.4 Å². The fourth-order valence-corrected chi connectivity index (χ4v) is 2.58. The topological polar surface area (TPSA) is 56.6 Å². The summed E-state index contributed by atoms with van der Waals surface area (Å²) in [5, 5.41) is 18.4. The zero-order valence-corrected chi connectivity index (χ0v) is 10.9. The second-order valence-corrected chi connectivity index (χ2v) is 4.98. The zero-order chi connectivity index (χ0) is 13.0. The number of anilines is 1. The summed E-state index contributed by atoms with van der Waals surface area (Å²) in [6.07, 6.45) is 5.54. The van der Waals surface area contributed by atoms with Crippen LogP contribution in [0.2, 0.25) is 0 Å². The standard InChI is InChI=1S/C14H22N2O2/c1-11(18)12-6-7-14(15-10-12)16-8-2-4-13(16)5-3-9-17/h6-7,10-11,13,17-18H,2-5,8-9H2,1H3/t11-,13?/m1/s1. The maximum absolute atomic E-state index is 9.47. The number of aliphatic hydroxyl groups excluding tert-OH is 2. The molecule has 0 aromatic carbocycles. The summed E-state index contributed by atoms with van der Waals surface area (Å²) in [4.78, 5) is 6.76. The summed E-state index contributed by atoms with van der Waals surface area (Å²) < 4.78 is 0. The molecule has 2 atom stereocenters. The van der Waals surface area contributed by atoms with Gasteiger partial charge in [0.25, 0.3) is 0 Å². The Morgan fingerprint density at radius 2 is 2.33 bits per heavy atom. The van der Waals surface area contributed by atoms with Gasteiger partial charge < -0.3 is 15.1 Å². The Bertz CT molecular complexity index is 365. The van der Waals surface area contributed by atoms with Gasteiger partial charge in [0.15, 0.2) is 0 Å². The highest BCUT2D eigenvalue weighted by atomic mass is 16.3. The third-order valence-electron chi connectivity index (χ3n) is 3.62. The van der Waals surface area contributed by atoms with E-state index in [2.05, 4.69) is 9.88 Å². The maximum atomic E-state index is 9.47. The molecule has 2 rings (SSSR count). The number of hydrogen-bond donors (Lipinski definition) is 2. The largest absolute Gasteiger partial charge is 0.396 e. The first-order valence-electron chi connectivity index (χ1n) is 6.74. The van der Waals surface area contributed by atoms with E-state index in [9.17, 15) is 5.11 Å². The Balaban J connectivity index is 2.05. The summed E-state index contributed by atoms with van der Waals surface area (Å²) in [7, 11) is 0. The van der Waals surface area contributed by atoms with Crippen LogP contribution >= 0.6 is 0 Å². The van der Waals surface area contributed by atoms with Crippen molar-refractivity contribution in [3.63, 3.8) is 0 Å². The van der Waals surface area contributed by atoms with Gasteiger partial charge in [-0.1, -0.05) is 6.07 Å². The van der Waals surface area contributed by atoms with Crippen molar-refractivity contribution < 1.29 is 10.2 Å². The molecule has 1 saturated heterocycles. The van der Waals surface area contributed by atoms with E-state index in [0.717, 1.165) is 30.8 Å². The van der Waals surface area contributed by atoms with Crippen LogP contribution in [-0.2, 0) is 0 Å². The SMILES string of the molecule is C[C@@H](O)c1ccc(N2CCCC2CCCO)nc1. The fraction of sp³-hybridized carbons (Fsp3) is 0.643. The molecule has 0 saturated carbocycles. The van der Waals surface area contributed by atoms with Crippen LogP contribution in [0.25, 0.3) is 0 Å². The third kappa shape index (κ3) is 3.00. The van der Waals surface area contributed by atoms with Crippen molar-refractivity contribution in [2.45, 2.75) is 44.8 Å². The van der Waals surface area contributed by atoms with E-state index in [0.29, 0.717) is 6.04 Å². The molecule has 2 heterocycles. The Morgan fingerprint density at radius 1 is 1.50 bits per heavy atom. The average molecular weight is 250 g/mol. The van der Waals surface area contributed by atoms with Crippen molar-refractivity contribution in [1.82, 2.24) is 4.98 Å². The van der Waals surface area contributed by atoms with E-state index in [1.165, 1.54) is 12.8 Å². The van der Waals surface area contributed by atoms with Crippen LogP contribution in [0.5, 0.6) is 0 Å². The van der Waals surface area contributed by atoms with Crippen molar-refractivity contribution in [3.8, 4) is 0 Å². The van der Waals surface area contributed by atoms with Crippen molar-refractivity contribution in [2.24, 2.45) is 0 Å². The first-order valence-corrected chi connectivity index (χ1v) is 6.74. The number of rotatable bonds is 5. The molecule has 0 bridgehead atoms. The number of aliphatic hydroxyl groups is 2. The predicted molar refractivity (Wildman–Crippen MR) is 71.6 cm³/mol. The van der Waals surface area contributed by atoms with E-state index in [1.54, 1.807) is 13.1 Å². The number of hydrogen-bond acceptors (Lipinski definition) is 4. The Morgan fingerprint density at radius 3 is 2.94 bits per heavy atom. The lowest BCUT2D eigenvalue weighted by molar-refractivity contribution is 0.199. The molecule has 4 nitrogen and oxygen atoms in total. The number of pyridine rings is 1. The van der Waals surface area contributed by atoms with Crippen molar-refractivity contribution in [3.05, 3.63) is 23.9 Å². The maximum Gasteiger partial charge on any atom is 0.128 e. The molecule has 1 unspecified atom stereocenters. The zero-order valence-electron chi connectivity index (χ0n) is 10.9. The molecule has 1 aromatic heterocycles. The summed E-state index contributed by atoms with van der Waals surface area (Å²) >= 11 is 0. The molecule has 18 heavy (non-hydrogen) atoms. The van der Waals surface area contributed by atoms with E-state index >= 15 is 0 Å². The second kappa shape index (κ2) is 6.16. The quantitative estimate of drug-likeness (QED) is 0.837. The monoisotopic (exact) mass is 250 g/mol. The van der Waals surface area contributed by atoms with Crippen LogP contribution in [0.4, 0.5) is 5.82 Å². The molecule has 4 heteroatoms. The molecule has 1 aromatic rings. The minimum Gasteiger partial charge on any atom is -0.396 e. The normalized spacial score (nSPS) is 21.3. The van der Waals surface area contributed by atoms with Crippen LogP contribution < -0.4 is 4.90 Å². The van der Waals surface area contributed by atoms with Gasteiger partial charge in [-0.05, 0) is 44.2 Å². The van der Waals surface area contributed by atoms with Gasteiger partial charge in [-0.25, -0.2) is 4.98 Å². The smallest absolute Gasteiger partial charge is 0.128 e. The highest BCUT2D eigenvalue weighted by Crippen LogP contribution is 2.27. The minimum atomic E-state index is -0.463.